The average Bonchev–Trinajstić information content (AvgIpc) is 2.54. The van der Waals surface area contributed by atoms with E-state index >= 15 is 0 Å². The number of hydrogen-bond donors (Lipinski definition) is 0. The van der Waals surface area contributed by atoms with Crippen LogP contribution >= 0.6 is 15.9 Å². The Labute approximate surface area is 136 Å². The number of hydrogen-bond acceptors (Lipinski definition) is 2. The van der Waals surface area contributed by atoms with Gasteiger partial charge in [-0.05, 0) is 53.2 Å². The molecule has 0 unspecified atom stereocenters. The number of halogens is 2. The maximum absolute atomic E-state index is 13.1. The molecule has 0 radical (unpaired) electrons. The summed E-state index contributed by atoms with van der Waals surface area (Å²) in [5.74, 6) is 0.700. The van der Waals surface area contributed by atoms with Crippen LogP contribution in [0.25, 0.3) is 10.8 Å². The van der Waals surface area contributed by atoms with Crippen molar-refractivity contribution < 1.29 is 9.13 Å². The van der Waals surface area contributed by atoms with E-state index in [0.29, 0.717) is 6.73 Å². The normalized spacial score (nSPS) is 13.8. The average molecular weight is 358 g/mol. The predicted octanol–water partition coefficient (Wildman–Crippen LogP) is 5.10. The number of fused-ring (bicyclic) bond motifs is 3. The van der Waals surface area contributed by atoms with Crippen molar-refractivity contribution >= 4 is 32.4 Å². The van der Waals surface area contributed by atoms with Crippen LogP contribution in [-0.4, -0.2) is 6.73 Å². The van der Waals surface area contributed by atoms with Crippen molar-refractivity contribution in [2.75, 3.05) is 11.6 Å². The summed E-state index contributed by atoms with van der Waals surface area (Å²) in [5.41, 5.74) is 2.13. The van der Waals surface area contributed by atoms with Crippen molar-refractivity contribution in [1.82, 2.24) is 0 Å². The van der Waals surface area contributed by atoms with E-state index in [0.717, 1.165) is 22.5 Å². The molecule has 2 nitrogen and oxygen atoms in total. The number of rotatable bonds is 1. The monoisotopic (exact) mass is 357 g/mol. The van der Waals surface area contributed by atoms with Gasteiger partial charge in [-0.25, -0.2) is 4.39 Å². The minimum atomic E-state index is -0.225. The molecule has 0 aliphatic carbocycles. The van der Waals surface area contributed by atoms with Crippen LogP contribution in [0.15, 0.2) is 59.1 Å². The molecule has 4 heteroatoms. The summed E-state index contributed by atoms with van der Waals surface area (Å²) >= 11 is 3.51. The fourth-order valence-corrected chi connectivity index (χ4v) is 3.22. The highest BCUT2D eigenvalue weighted by molar-refractivity contribution is 9.10. The van der Waals surface area contributed by atoms with Crippen LogP contribution in [0.3, 0.4) is 0 Å². The van der Waals surface area contributed by atoms with Crippen LogP contribution in [0.5, 0.6) is 5.75 Å². The largest absolute Gasteiger partial charge is 0.473 e. The summed E-state index contributed by atoms with van der Waals surface area (Å²) in [6, 6.07) is 16.9. The van der Waals surface area contributed by atoms with Crippen molar-refractivity contribution in [3.8, 4) is 5.75 Å². The molecule has 0 spiro atoms. The first kappa shape index (κ1) is 13.6. The molecule has 0 N–H and O–H groups in total. The lowest BCUT2D eigenvalue weighted by molar-refractivity contribution is 0.290. The second-order valence-corrected chi connectivity index (χ2v) is 6.27. The van der Waals surface area contributed by atoms with E-state index in [1.54, 1.807) is 12.1 Å². The van der Waals surface area contributed by atoms with Gasteiger partial charge in [0.2, 0.25) is 0 Å². The van der Waals surface area contributed by atoms with Crippen LogP contribution in [-0.2, 0) is 6.54 Å². The van der Waals surface area contributed by atoms with Gasteiger partial charge in [-0.1, -0.05) is 28.1 Å². The van der Waals surface area contributed by atoms with Crippen LogP contribution < -0.4 is 9.64 Å². The maximum atomic E-state index is 13.1. The third kappa shape index (κ3) is 2.33. The fourth-order valence-electron chi connectivity index (χ4n) is 2.85. The van der Waals surface area contributed by atoms with Crippen LogP contribution in [0.1, 0.15) is 5.56 Å². The Morgan fingerprint density at radius 3 is 2.64 bits per heavy atom. The first-order valence-corrected chi connectivity index (χ1v) is 7.84. The van der Waals surface area contributed by atoms with Crippen molar-refractivity contribution in [2.45, 2.75) is 6.54 Å². The molecule has 0 fully saturated rings. The van der Waals surface area contributed by atoms with E-state index in [1.165, 1.54) is 28.5 Å². The molecule has 0 atom stereocenters. The van der Waals surface area contributed by atoms with Gasteiger partial charge in [-0.15, -0.1) is 0 Å². The lowest BCUT2D eigenvalue weighted by atomic mass is 10.0. The van der Waals surface area contributed by atoms with Gasteiger partial charge in [0.25, 0.3) is 0 Å². The summed E-state index contributed by atoms with van der Waals surface area (Å²) in [4.78, 5) is 2.10. The molecule has 0 saturated heterocycles. The molecule has 4 rings (SSSR count). The second-order valence-electron chi connectivity index (χ2n) is 5.36. The number of ether oxygens (including phenoxy) is 1. The number of nitrogens with zero attached hydrogens (tertiary/aromatic N) is 1. The third-order valence-electron chi connectivity index (χ3n) is 3.97. The summed E-state index contributed by atoms with van der Waals surface area (Å²) in [5, 5.41) is 2.37. The fraction of sp³-hybridized carbons (Fsp3) is 0.111. The van der Waals surface area contributed by atoms with Gasteiger partial charge in [0, 0.05) is 15.7 Å². The van der Waals surface area contributed by atoms with Crippen molar-refractivity contribution in [3.05, 3.63) is 70.5 Å². The molecule has 0 amide bonds. The lowest BCUT2D eigenvalue weighted by Gasteiger charge is -2.31. The Morgan fingerprint density at radius 2 is 1.82 bits per heavy atom. The molecule has 0 bridgehead atoms. The SMILES string of the molecule is Fc1ccc(N2COc3ccc4cc(Br)ccc4c3C2)cc1. The zero-order valence-electron chi connectivity index (χ0n) is 11.7. The van der Waals surface area contributed by atoms with Crippen molar-refractivity contribution in [2.24, 2.45) is 0 Å². The molecule has 1 aliphatic rings. The standard InChI is InChI=1S/C18H13BrFNO/c19-13-2-7-16-12(9-13)1-8-18-17(16)10-21(11-22-18)15-5-3-14(20)4-6-15/h1-9H,10-11H2. The van der Waals surface area contributed by atoms with Gasteiger partial charge in [0.15, 0.2) is 6.73 Å². The van der Waals surface area contributed by atoms with Crippen molar-refractivity contribution in [1.29, 1.82) is 0 Å². The highest BCUT2D eigenvalue weighted by Crippen LogP contribution is 2.35. The Morgan fingerprint density at radius 1 is 1.00 bits per heavy atom. The first-order valence-electron chi connectivity index (χ1n) is 7.05. The third-order valence-corrected chi connectivity index (χ3v) is 4.46. The molecule has 0 saturated carbocycles. The summed E-state index contributed by atoms with van der Waals surface area (Å²) in [6.07, 6.45) is 0. The Hall–Kier alpha value is -2.07. The van der Waals surface area contributed by atoms with E-state index in [-0.39, 0.29) is 5.82 Å². The van der Waals surface area contributed by atoms with E-state index in [1.807, 2.05) is 12.1 Å². The van der Waals surface area contributed by atoms with Crippen LogP contribution in [0.4, 0.5) is 10.1 Å². The highest BCUT2D eigenvalue weighted by Gasteiger charge is 2.20. The van der Waals surface area contributed by atoms with Gasteiger partial charge in [-0.2, -0.15) is 0 Å². The Bertz CT molecular complexity index is 848. The zero-order chi connectivity index (χ0) is 15.1. The minimum absolute atomic E-state index is 0.225. The number of benzene rings is 3. The van der Waals surface area contributed by atoms with Crippen molar-refractivity contribution in [3.63, 3.8) is 0 Å². The van der Waals surface area contributed by atoms with Gasteiger partial charge < -0.3 is 9.64 Å². The molecular formula is C18H13BrFNO. The molecular weight excluding hydrogens is 345 g/mol. The molecule has 3 aromatic rings. The van der Waals surface area contributed by atoms with Gasteiger partial charge >= 0.3 is 0 Å². The topological polar surface area (TPSA) is 12.5 Å². The molecule has 0 aromatic heterocycles. The van der Waals surface area contributed by atoms with Crippen LogP contribution in [0, 0.1) is 5.82 Å². The summed E-state index contributed by atoms with van der Waals surface area (Å²) in [7, 11) is 0. The van der Waals surface area contributed by atoms with Crippen LogP contribution in [0.2, 0.25) is 0 Å². The van der Waals surface area contributed by atoms with Gasteiger partial charge in [0.05, 0.1) is 6.54 Å². The first-order chi connectivity index (χ1) is 10.7. The molecule has 1 aliphatic heterocycles. The Kier molecular flexibility index (Phi) is 3.26. The summed E-state index contributed by atoms with van der Waals surface area (Å²) in [6.45, 7) is 1.22. The van der Waals surface area contributed by atoms with E-state index in [4.69, 9.17) is 4.74 Å². The lowest BCUT2D eigenvalue weighted by Crippen LogP contribution is -2.31. The molecule has 110 valence electrons. The smallest absolute Gasteiger partial charge is 0.161 e. The number of anilines is 1. The summed E-state index contributed by atoms with van der Waals surface area (Å²) < 4.78 is 20.0. The zero-order valence-corrected chi connectivity index (χ0v) is 13.3. The molecule has 1 heterocycles. The predicted molar refractivity (Wildman–Crippen MR) is 89.7 cm³/mol. The van der Waals surface area contributed by atoms with E-state index in [2.05, 4.69) is 39.0 Å². The molecule has 22 heavy (non-hydrogen) atoms. The van der Waals surface area contributed by atoms with E-state index in [9.17, 15) is 4.39 Å². The molecule has 3 aromatic carbocycles. The van der Waals surface area contributed by atoms with Gasteiger partial charge in [-0.3, -0.25) is 0 Å². The minimum Gasteiger partial charge on any atom is -0.473 e. The van der Waals surface area contributed by atoms with Gasteiger partial charge in [0.1, 0.15) is 11.6 Å². The Balaban J connectivity index is 1.77. The quantitative estimate of drug-likeness (QED) is 0.600. The highest BCUT2D eigenvalue weighted by atomic mass is 79.9. The van der Waals surface area contributed by atoms with E-state index < -0.39 is 0 Å². The second kappa shape index (κ2) is 5.29. The maximum Gasteiger partial charge on any atom is 0.161 e.